The second-order valence-electron chi connectivity index (χ2n) is 5.41. The first kappa shape index (κ1) is 21.7. The Morgan fingerprint density at radius 2 is 1.55 bits per heavy atom. The topological polar surface area (TPSA) is 18.5 Å². The molecule has 0 radical (unpaired) electrons. The number of piperazine rings is 1. The van der Waals surface area contributed by atoms with Crippen molar-refractivity contribution in [3.05, 3.63) is 23.3 Å². The van der Waals surface area contributed by atoms with Crippen LogP contribution in [0.5, 0.6) is 0 Å². The molecule has 0 aromatic heterocycles. The Hall–Kier alpha value is -0.640. The van der Waals surface area contributed by atoms with E-state index >= 15 is 0 Å². The Labute approximate surface area is 129 Å². The molecule has 1 heterocycles. The van der Waals surface area contributed by atoms with Gasteiger partial charge in [0.25, 0.3) is 0 Å². The minimum atomic E-state index is 0. The summed E-state index contributed by atoms with van der Waals surface area (Å²) in [5.41, 5.74) is 2.72. The van der Waals surface area contributed by atoms with Crippen LogP contribution in [0.4, 0.5) is 0 Å². The van der Waals surface area contributed by atoms with E-state index in [1.807, 2.05) is 0 Å². The predicted octanol–water partition coefficient (Wildman–Crippen LogP) is 3.25. The number of rotatable bonds is 4. The van der Waals surface area contributed by atoms with Crippen LogP contribution >= 0.6 is 0 Å². The summed E-state index contributed by atoms with van der Waals surface area (Å²) in [6, 6.07) is 0. The lowest BCUT2D eigenvalue weighted by molar-refractivity contribution is 0.181. The van der Waals surface area contributed by atoms with Crippen LogP contribution in [0.15, 0.2) is 23.3 Å². The van der Waals surface area contributed by atoms with Gasteiger partial charge in [0.2, 0.25) is 0 Å². The number of likely N-dealkylation sites (N-methyl/N-ethyl adjacent to an activating group) is 3. The van der Waals surface area contributed by atoms with E-state index in [9.17, 15) is 0 Å². The molecule has 122 valence electrons. The van der Waals surface area contributed by atoms with Crippen LogP contribution in [0.25, 0.3) is 0 Å². The quantitative estimate of drug-likeness (QED) is 0.800. The highest BCUT2D eigenvalue weighted by Gasteiger charge is 2.07. The average Bonchev–Trinajstić information content (AvgIpc) is 2.40. The second-order valence-corrected chi connectivity index (χ2v) is 5.41. The molecule has 0 saturated carbocycles. The van der Waals surface area contributed by atoms with Gasteiger partial charge in [0.15, 0.2) is 0 Å². The van der Waals surface area contributed by atoms with Gasteiger partial charge in [-0.25, -0.2) is 0 Å². The molecule has 1 N–H and O–H groups in total. The highest BCUT2D eigenvalue weighted by atomic mass is 15.2. The molecule has 0 amide bonds. The zero-order chi connectivity index (χ0) is 14.7. The number of nitrogens with one attached hydrogen (secondary N) is 1. The summed E-state index contributed by atoms with van der Waals surface area (Å²) in [7, 11) is 4.35. The molecule has 20 heavy (non-hydrogen) atoms. The van der Waals surface area contributed by atoms with Gasteiger partial charge in [-0.3, -0.25) is 0 Å². The molecule has 0 spiro atoms. The van der Waals surface area contributed by atoms with E-state index in [1.165, 1.54) is 37.3 Å². The Balaban J connectivity index is -0.000000291. The first-order valence-corrected chi connectivity index (χ1v) is 7.37. The molecule has 1 saturated heterocycles. The molecule has 3 nitrogen and oxygen atoms in total. The normalized spacial score (nSPS) is 18.1. The zero-order valence-corrected chi connectivity index (χ0v) is 13.8. The third-order valence-corrected chi connectivity index (χ3v) is 3.31. The van der Waals surface area contributed by atoms with Crippen LogP contribution in [-0.2, 0) is 0 Å². The Morgan fingerprint density at radius 1 is 1.10 bits per heavy atom. The first-order chi connectivity index (χ1) is 8.99. The van der Waals surface area contributed by atoms with E-state index in [4.69, 9.17) is 0 Å². The third kappa shape index (κ3) is 12.4. The molecular formula is C17H39N3. The van der Waals surface area contributed by atoms with Crippen LogP contribution in [0, 0.1) is 0 Å². The fraction of sp³-hybridized carbons (Fsp3) is 0.765. The van der Waals surface area contributed by atoms with E-state index < -0.39 is 0 Å². The summed E-state index contributed by atoms with van der Waals surface area (Å²) in [5.74, 6) is 0. The van der Waals surface area contributed by atoms with Crippen LogP contribution in [-0.4, -0.2) is 63.2 Å². The fourth-order valence-electron chi connectivity index (χ4n) is 1.75. The van der Waals surface area contributed by atoms with Crippen molar-refractivity contribution < 1.29 is 1.43 Å². The maximum absolute atomic E-state index is 3.28. The lowest BCUT2D eigenvalue weighted by Gasteiger charge is -2.28. The highest BCUT2D eigenvalue weighted by molar-refractivity contribution is 5.20. The van der Waals surface area contributed by atoms with Gasteiger partial charge in [-0.2, -0.15) is 0 Å². The largest absolute Gasteiger partial charge is 0.313 e. The minimum Gasteiger partial charge on any atom is -0.313 e. The molecule has 0 atom stereocenters. The third-order valence-electron chi connectivity index (χ3n) is 3.31. The summed E-state index contributed by atoms with van der Waals surface area (Å²) in [6.07, 6.45) is 4.33. The summed E-state index contributed by atoms with van der Waals surface area (Å²) in [6.45, 7) is 15.4. The number of hydrogen-bond acceptors (Lipinski definition) is 3. The van der Waals surface area contributed by atoms with Crippen molar-refractivity contribution >= 4 is 0 Å². The van der Waals surface area contributed by atoms with Crippen molar-refractivity contribution in [2.45, 2.75) is 35.1 Å². The lowest BCUT2D eigenvalue weighted by atomic mass is 10.2. The van der Waals surface area contributed by atoms with Gasteiger partial charge in [-0.05, 0) is 41.4 Å². The van der Waals surface area contributed by atoms with Crippen LogP contribution < -0.4 is 5.32 Å². The SMILES string of the molecule is C.C/C=C(C)\C=C(/C)CNCC.CN1CCN(C)CC1.[HH]. The number of allylic oxidation sites excluding steroid dienone is 3. The zero-order valence-electron chi connectivity index (χ0n) is 13.8. The molecule has 1 fully saturated rings. The Kier molecular flexibility index (Phi) is 14.5. The maximum Gasteiger partial charge on any atom is 0.0164 e. The van der Waals surface area contributed by atoms with E-state index in [1.54, 1.807) is 0 Å². The van der Waals surface area contributed by atoms with Crippen molar-refractivity contribution in [3.63, 3.8) is 0 Å². The van der Waals surface area contributed by atoms with Crippen molar-refractivity contribution in [3.8, 4) is 0 Å². The molecular weight excluding hydrogens is 246 g/mol. The van der Waals surface area contributed by atoms with Gasteiger partial charge in [0.1, 0.15) is 0 Å². The summed E-state index contributed by atoms with van der Waals surface area (Å²) < 4.78 is 0. The average molecular weight is 286 g/mol. The molecule has 1 rings (SSSR count). The summed E-state index contributed by atoms with van der Waals surface area (Å²) >= 11 is 0. The van der Waals surface area contributed by atoms with Gasteiger partial charge in [-0.15, -0.1) is 0 Å². The molecule has 1 aliphatic rings. The molecule has 0 aliphatic carbocycles. The maximum atomic E-state index is 3.28. The lowest BCUT2D eigenvalue weighted by Crippen LogP contribution is -2.42. The summed E-state index contributed by atoms with van der Waals surface area (Å²) in [5, 5.41) is 3.28. The molecule has 3 heteroatoms. The van der Waals surface area contributed by atoms with Crippen LogP contribution in [0.3, 0.4) is 0 Å². The van der Waals surface area contributed by atoms with E-state index in [0.29, 0.717) is 0 Å². The van der Waals surface area contributed by atoms with Crippen LogP contribution in [0.2, 0.25) is 0 Å². The number of hydrogen-bond donors (Lipinski definition) is 1. The predicted molar refractivity (Wildman–Crippen MR) is 95.6 cm³/mol. The van der Waals surface area contributed by atoms with Gasteiger partial charge in [0.05, 0.1) is 0 Å². The molecule has 0 unspecified atom stereocenters. The van der Waals surface area contributed by atoms with Crippen molar-refractivity contribution in [2.75, 3.05) is 53.4 Å². The van der Waals surface area contributed by atoms with Gasteiger partial charge >= 0.3 is 0 Å². The second kappa shape index (κ2) is 13.3. The molecule has 0 bridgehead atoms. The fourth-order valence-corrected chi connectivity index (χ4v) is 1.75. The smallest absolute Gasteiger partial charge is 0.0164 e. The highest BCUT2D eigenvalue weighted by Crippen LogP contribution is 1.99. The first-order valence-electron chi connectivity index (χ1n) is 7.37. The van der Waals surface area contributed by atoms with Gasteiger partial charge in [0, 0.05) is 34.2 Å². The van der Waals surface area contributed by atoms with Crippen molar-refractivity contribution in [1.82, 2.24) is 15.1 Å². The van der Waals surface area contributed by atoms with E-state index in [0.717, 1.165) is 13.1 Å². The standard InChI is InChI=1S/C10H19N.C6H14N2.CH4.H2/c1-5-9(3)7-10(4)8-11-6-2;1-7-3-5-8(2)6-4-7;;/h5,7,11H,6,8H2,1-4H3;3-6H2,1-2H3;1H4;1H/b9-5-,10-7+;;;. The molecule has 0 aromatic rings. The number of nitrogens with zero attached hydrogens (tertiary/aromatic N) is 2. The Morgan fingerprint density at radius 3 is 1.90 bits per heavy atom. The van der Waals surface area contributed by atoms with Crippen molar-refractivity contribution in [1.29, 1.82) is 0 Å². The van der Waals surface area contributed by atoms with Gasteiger partial charge in [-0.1, -0.05) is 37.6 Å². The minimum absolute atomic E-state index is 0. The van der Waals surface area contributed by atoms with E-state index in [-0.39, 0.29) is 8.85 Å². The van der Waals surface area contributed by atoms with Gasteiger partial charge < -0.3 is 15.1 Å². The molecule has 1 aliphatic heterocycles. The van der Waals surface area contributed by atoms with Crippen molar-refractivity contribution in [2.24, 2.45) is 0 Å². The summed E-state index contributed by atoms with van der Waals surface area (Å²) in [4.78, 5) is 4.72. The van der Waals surface area contributed by atoms with E-state index in [2.05, 4.69) is 69.1 Å². The molecule has 0 aromatic carbocycles. The Bertz CT molecular complexity index is 270. The van der Waals surface area contributed by atoms with Crippen LogP contribution in [0.1, 0.15) is 36.5 Å². The monoisotopic (exact) mass is 285 g/mol.